The number of hydrogen-bond acceptors (Lipinski definition) is 5. The zero-order valence-corrected chi connectivity index (χ0v) is 24.0. The average Bonchev–Trinajstić information content (AvgIpc) is 2.92. The Balaban J connectivity index is 0.00000165. The minimum absolute atomic E-state index is 0.0186. The molecule has 0 radical (unpaired) electrons. The molecule has 6 bridgehead atoms. The number of aliphatic imine (C=N–C) groups is 1. The van der Waals surface area contributed by atoms with Gasteiger partial charge in [-0.1, -0.05) is 38.1 Å². The lowest BCUT2D eigenvalue weighted by molar-refractivity contribution is -0.131. The van der Waals surface area contributed by atoms with Gasteiger partial charge in [0.2, 0.25) is 5.91 Å². The Bertz CT molecular complexity index is 1420. The van der Waals surface area contributed by atoms with Gasteiger partial charge in [0.25, 0.3) is 11.8 Å². The number of nitrogens with two attached hydrogens (primary N) is 1. The van der Waals surface area contributed by atoms with Gasteiger partial charge < -0.3 is 15.8 Å². The molecule has 2 unspecified atom stereocenters. The number of benzene rings is 2. The van der Waals surface area contributed by atoms with E-state index in [1.807, 2.05) is 58.0 Å². The Hall–Kier alpha value is -3.75. The summed E-state index contributed by atoms with van der Waals surface area (Å²) in [5, 5.41) is 3.12. The van der Waals surface area contributed by atoms with E-state index in [2.05, 4.69) is 10.3 Å². The number of allylic oxidation sites excluding steroid dienone is 1. The first kappa shape index (κ1) is 28.8. The summed E-state index contributed by atoms with van der Waals surface area (Å²) in [5.41, 5.74) is 7.92. The minimum Gasteiger partial charge on any atom is -0.487 e. The van der Waals surface area contributed by atoms with Crippen LogP contribution in [-0.2, 0) is 10.7 Å². The Labute approximate surface area is 239 Å². The normalized spacial score (nSPS) is 26.7. The number of fused-ring (bicyclic) bond motifs is 4. The Morgan fingerprint density at radius 1 is 1.07 bits per heavy atom. The van der Waals surface area contributed by atoms with E-state index in [-0.39, 0.29) is 59.4 Å². The number of amides is 2. The van der Waals surface area contributed by atoms with Gasteiger partial charge in [0.15, 0.2) is 5.96 Å². The Morgan fingerprint density at radius 2 is 1.85 bits per heavy atom. The van der Waals surface area contributed by atoms with E-state index in [4.69, 9.17) is 10.5 Å². The monoisotopic (exact) mass is 564 g/mol. The van der Waals surface area contributed by atoms with Crippen LogP contribution < -0.4 is 15.8 Å². The second-order valence-corrected chi connectivity index (χ2v) is 11.5. The van der Waals surface area contributed by atoms with Gasteiger partial charge in [-0.3, -0.25) is 14.5 Å². The second kappa shape index (κ2) is 10.9. The molecule has 0 fully saturated rings. The smallest absolute Gasteiger partial charge is 0.273 e. The van der Waals surface area contributed by atoms with Crippen molar-refractivity contribution in [2.24, 2.45) is 10.7 Å². The number of carbonyl (C=O) groups is 2. The van der Waals surface area contributed by atoms with E-state index in [0.29, 0.717) is 25.0 Å². The van der Waals surface area contributed by atoms with Gasteiger partial charge in [-0.05, 0) is 68.5 Å². The van der Waals surface area contributed by atoms with E-state index >= 15 is 8.78 Å². The van der Waals surface area contributed by atoms with Crippen LogP contribution in [0.5, 0.6) is 5.75 Å². The zero-order valence-electron chi connectivity index (χ0n) is 24.0. The highest BCUT2D eigenvalue weighted by Gasteiger charge is 2.45. The third-order valence-electron chi connectivity index (χ3n) is 8.12. The van der Waals surface area contributed by atoms with Gasteiger partial charge >= 0.3 is 0 Å². The molecule has 4 aliphatic heterocycles. The van der Waals surface area contributed by atoms with Crippen LogP contribution in [0.2, 0.25) is 0 Å². The number of guanidine groups is 1. The molecule has 0 spiro atoms. The van der Waals surface area contributed by atoms with Crippen LogP contribution in [0.4, 0.5) is 8.78 Å². The molecule has 3 atom stereocenters. The van der Waals surface area contributed by atoms with Gasteiger partial charge in [0, 0.05) is 36.0 Å². The first-order chi connectivity index (χ1) is 19.5. The number of nitrogens with one attached hydrogen (secondary N) is 1. The number of carbonyl (C=O) groups excluding carboxylic acids is 2. The van der Waals surface area contributed by atoms with Crippen molar-refractivity contribution in [2.75, 3.05) is 0 Å². The van der Waals surface area contributed by atoms with Gasteiger partial charge in [0.1, 0.15) is 11.4 Å². The van der Waals surface area contributed by atoms with Crippen molar-refractivity contribution < 1.29 is 23.1 Å². The summed E-state index contributed by atoms with van der Waals surface area (Å²) in [5.74, 6) is -2.94. The molecule has 5 aliphatic rings. The fourth-order valence-electron chi connectivity index (χ4n) is 6.27. The summed E-state index contributed by atoms with van der Waals surface area (Å²) in [6, 6.07) is 8.80. The summed E-state index contributed by atoms with van der Waals surface area (Å²) in [4.78, 5) is 32.8. The predicted molar refractivity (Wildman–Crippen MR) is 155 cm³/mol. The summed E-state index contributed by atoms with van der Waals surface area (Å²) in [6.45, 7) is 7.94. The van der Waals surface area contributed by atoms with Crippen LogP contribution >= 0.6 is 0 Å². The zero-order chi connectivity index (χ0) is 29.5. The van der Waals surface area contributed by atoms with Crippen LogP contribution in [0.3, 0.4) is 0 Å². The largest absolute Gasteiger partial charge is 0.487 e. The van der Waals surface area contributed by atoms with Crippen molar-refractivity contribution in [1.29, 1.82) is 0 Å². The van der Waals surface area contributed by atoms with E-state index < -0.39 is 24.0 Å². The van der Waals surface area contributed by atoms with Crippen LogP contribution in [0.1, 0.15) is 111 Å². The molecule has 0 saturated heterocycles. The third kappa shape index (κ3) is 5.59. The molecule has 1 aliphatic carbocycles. The molecule has 0 saturated carbocycles. The maximum absolute atomic E-state index is 15.0. The lowest BCUT2D eigenvalue weighted by Gasteiger charge is -2.40. The maximum atomic E-state index is 15.0. The van der Waals surface area contributed by atoms with Crippen molar-refractivity contribution in [3.63, 3.8) is 0 Å². The third-order valence-corrected chi connectivity index (χ3v) is 8.12. The molecule has 7 nitrogen and oxygen atoms in total. The number of halogens is 2. The van der Waals surface area contributed by atoms with Crippen LogP contribution in [0, 0.1) is 0 Å². The van der Waals surface area contributed by atoms with Gasteiger partial charge in [0.05, 0.1) is 18.1 Å². The number of rotatable bonds is 0. The highest BCUT2D eigenvalue weighted by molar-refractivity contribution is 5.99. The second-order valence-electron chi connectivity index (χ2n) is 11.5. The number of nitrogens with zero attached hydrogens (tertiary/aromatic N) is 2. The quantitative estimate of drug-likeness (QED) is 0.387. The molecular formula is C32H38F2N4O3. The molecule has 2 aromatic rings. The lowest BCUT2D eigenvalue weighted by Crippen LogP contribution is -2.50. The molecule has 4 heterocycles. The molecular weight excluding hydrogens is 526 g/mol. The molecule has 0 aromatic heterocycles. The molecule has 2 amide bonds. The van der Waals surface area contributed by atoms with E-state index in [1.165, 1.54) is 23.1 Å². The first-order valence-electron chi connectivity index (χ1n) is 14.5. The van der Waals surface area contributed by atoms with Gasteiger partial charge in [-0.25, -0.2) is 13.8 Å². The number of ether oxygens (including phenoxy) is 1. The highest BCUT2D eigenvalue weighted by atomic mass is 19.3. The summed E-state index contributed by atoms with van der Waals surface area (Å²) in [6.07, 6.45) is 5.68. The number of hydrogen-bond donors (Lipinski definition) is 2. The first-order valence-corrected chi connectivity index (χ1v) is 14.5. The predicted octanol–water partition coefficient (Wildman–Crippen LogP) is 6.39. The van der Waals surface area contributed by atoms with E-state index in [1.54, 1.807) is 0 Å². The van der Waals surface area contributed by atoms with E-state index in [9.17, 15) is 9.59 Å². The summed E-state index contributed by atoms with van der Waals surface area (Å²) in [7, 11) is 0. The summed E-state index contributed by atoms with van der Waals surface area (Å²) >= 11 is 0. The molecule has 218 valence electrons. The summed E-state index contributed by atoms with van der Waals surface area (Å²) < 4.78 is 36.2. The van der Waals surface area contributed by atoms with Crippen molar-refractivity contribution in [3.8, 4) is 5.75 Å². The van der Waals surface area contributed by atoms with Crippen molar-refractivity contribution >= 4 is 23.8 Å². The Kier molecular flexibility index (Phi) is 7.66. The van der Waals surface area contributed by atoms with Crippen LogP contribution in [0.15, 0.2) is 47.5 Å². The van der Waals surface area contributed by atoms with Crippen LogP contribution in [0.25, 0.3) is 6.08 Å². The fourth-order valence-corrected chi connectivity index (χ4v) is 6.27. The molecule has 2 aromatic carbocycles. The topological polar surface area (TPSA) is 97.0 Å². The van der Waals surface area contributed by atoms with Crippen LogP contribution in [-0.4, -0.2) is 34.3 Å². The number of alkyl halides is 2. The van der Waals surface area contributed by atoms with Crippen molar-refractivity contribution in [1.82, 2.24) is 10.2 Å². The SMILES string of the molecule is CC.CC1(C)CC2NC(=O)c3ccc4c(c3)[C@@H](CCC4(F)F)N3C(=O)CC(CC/C=C\c4ccc(c2c4)O1)N=C3N. The standard InChI is InChI=1S/C30H32F2N4O3.C2H6/c1-29(2)16-23-21-13-17(7-10-25(21)39-29)5-3-4-6-19-15-26(37)36(28(33)34-19)24-11-12-30(31,32)22-9-8-18(14-20(22)24)27(38)35-23;1-2/h3,5,7-10,13-14,19,23-24H,4,6,11-12,15-16H2,1-2H3,(H2,33,34)(H,35,38);1-2H3/b5-3-;/t19?,23?,24-;/m1./s1. The minimum atomic E-state index is -3.07. The maximum Gasteiger partial charge on any atom is 0.273 e. The van der Waals surface area contributed by atoms with Crippen molar-refractivity contribution in [3.05, 3.63) is 70.3 Å². The average molecular weight is 565 g/mol. The van der Waals surface area contributed by atoms with Crippen molar-refractivity contribution in [2.45, 2.75) is 95.9 Å². The molecule has 7 rings (SSSR count). The fraction of sp³-hybridized carbons (Fsp3) is 0.469. The molecule has 9 heteroatoms. The molecule has 3 N–H and O–H groups in total. The Morgan fingerprint density at radius 3 is 2.61 bits per heavy atom. The highest BCUT2D eigenvalue weighted by Crippen LogP contribution is 2.47. The lowest BCUT2D eigenvalue weighted by atomic mass is 9.82. The van der Waals surface area contributed by atoms with E-state index in [0.717, 1.165) is 11.1 Å². The molecule has 41 heavy (non-hydrogen) atoms. The van der Waals surface area contributed by atoms with Gasteiger partial charge in [-0.15, -0.1) is 0 Å². The van der Waals surface area contributed by atoms with Gasteiger partial charge in [-0.2, -0.15) is 0 Å².